The molecule has 1 aliphatic heterocycles. The van der Waals surface area contributed by atoms with E-state index in [2.05, 4.69) is 5.32 Å². The molecule has 2 aromatic carbocycles. The molecular formula is C16H21ClN2O2S. The summed E-state index contributed by atoms with van der Waals surface area (Å²) in [7, 11) is -1.76. The van der Waals surface area contributed by atoms with Crippen LogP contribution in [-0.2, 0) is 10.0 Å². The van der Waals surface area contributed by atoms with Crippen molar-refractivity contribution in [3.8, 4) is 0 Å². The van der Waals surface area contributed by atoms with Crippen LogP contribution in [0.1, 0.15) is 12.8 Å². The fraction of sp³-hybridized carbons (Fsp3) is 0.375. The van der Waals surface area contributed by atoms with Crippen LogP contribution in [0.5, 0.6) is 0 Å². The van der Waals surface area contributed by atoms with Gasteiger partial charge in [-0.15, -0.1) is 12.4 Å². The molecule has 2 aromatic rings. The first-order valence-corrected chi connectivity index (χ1v) is 8.71. The fourth-order valence-corrected chi connectivity index (χ4v) is 4.57. The van der Waals surface area contributed by atoms with Gasteiger partial charge in [-0.25, -0.2) is 8.42 Å². The van der Waals surface area contributed by atoms with E-state index in [1.165, 1.54) is 0 Å². The molecule has 6 heteroatoms. The summed E-state index contributed by atoms with van der Waals surface area (Å²) in [6, 6.07) is 13.2. The van der Waals surface area contributed by atoms with Crippen LogP contribution in [0, 0.1) is 0 Å². The van der Waals surface area contributed by atoms with Gasteiger partial charge in [0.1, 0.15) is 0 Å². The molecular weight excluding hydrogens is 320 g/mol. The zero-order valence-electron chi connectivity index (χ0n) is 12.5. The van der Waals surface area contributed by atoms with Crippen molar-refractivity contribution in [2.24, 2.45) is 0 Å². The predicted octanol–water partition coefficient (Wildman–Crippen LogP) is 2.63. The number of hydrogen-bond acceptors (Lipinski definition) is 3. The second kappa shape index (κ2) is 6.96. The molecule has 4 nitrogen and oxygen atoms in total. The SMILES string of the molecule is CN(C1CCNCC1)S(=O)(=O)c1cccc2ccccc12.Cl. The maximum Gasteiger partial charge on any atom is 0.243 e. The van der Waals surface area contributed by atoms with Gasteiger partial charge >= 0.3 is 0 Å². The molecule has 120 valence electrons. The lowest BCUT2D eigenvalue weighted by molar-refractivity contribution is 0.296. The zero-order valence-corrected chi connectivity index (χ0v) is 14.2. The van der Waals surface area contributed by atoms with E-state index in [1.54, 1.807) is 17.4 Å². The molecule has 1 saturated heterocycles. The maximum absolute atomic E-state index is 13.0. The minimum absolute atomic E-state index is 0. The lowest BCUT2D eigenvalue weighted by Gasteiger charge is -2.31. The van der Waals surface area contributed by atoms with E-state index >= 15 is 0 Å². The molecule has 0 saturated carbocycles. The van der Waals surface area contributed by atoms with Gasteiger partial charge in [-0.1, -0.05) is 36.4 Å². The number of sulfonamides is 1. The Hall–Kier alpha value is -1.14. The molecule has 0 radical (unpaired) electrons. The number of nitrogens with one attached hydrogen (secondary N) is 1. The predicted molar refractivity (Wildman–Crippen MR) is 92.0 cm³/mol. The Labute approximate surface area is 138 Å². The van der Waals surface area contributed by atoms with Crippen molar-refractivity contribution in [2.75, 3.05) is 20.1 Å². The van der Waals surface area contributed by atoms with Crippen molar-refractivity contribution in [3.05, 3.63) is 42.5 Å². The largest absolute Gasteiger partial charge is 0.317 e. The first kappa shape index (κ1) is 17.2. The molecule has 1 fully saturated rings. The van der Waals surface area contributed by atoms with Gasteiger partial charge in [0.15, 0.2) is 0 Å². The summed E-state index contributed by atoms with van der Waals surface area (Å²) in [5.74, 6) is 0. The Kier molecular flexibility index (Phi) is 5.45. The highest BCUT2D eigenvalue weighted by atomic mass is 35.5. The average Bonchev–Trinajstić information content (AvgIpc) is 2.54. The first-order valence-electron chi connectivity index (χ1n) is 7.27. The highest BCUT2D eigenvalue weighted by Gasteiger charge is 2.29. The number of benzene rings is 2. The van der Waals surface area contributed by atoms with Crippen LogP contribution < -0.4 is 5.32 Å². The van der Waals surface area contributed by atoms with Crippen LogP contribution in [0.2, 0.25) is 0 Å². The highest BCUT2D eigenvalue weighted by Crippen LogP contribution is 2.27. The minimum atomic E-state index is -3.46. The van der Waals surface area contributed by atoms with E-state index in [0.717, 1.165) is 36.7 Å². The second-order valence-electron chi connectivity index (χ2n) is 5.48. The average molecular weight is 341 g/mol. The summed E-state index contributed by atoms with van der Waals surface area (Å²) >= 11 is 0. The Bertz CT molecular complexity index is 737. The molecule has 0 spiro atoms. The van der Waals surface area contributed by atoms with Crippen molar-refractivity contribution < 1.29 is 8.42 Å². The normalized spacial score (nSPS) is 16.6. The van der Waals surface area contributed by atoms with Crippen molar-refractivity contribution in [1.29, 1.82) is 0 Å². The first-order chi connectivity index (χ1) is 10.1. The van der Waals surface area contributed by atoms with Crippen molar-refractivity contribution >= 4 is 33.2 Å². The molecule has 22 heavy (non-hydrogen) atoms. The van der Waals surface area contributed by atoms with Crippen LogP contribution in [0.25, 0.3) is 10.8 Å². The van der Waals surface area contributed by atoms with Crippen molar-refractivity contribution in [2.45, 2.75) is 23.8 Å². The van der Waals surface area contributed by atoms with E-state index in [-0.39, 0.29) is 18.4 Å². The quantitative estimate of drug-likeness (QED) is 0.934. The van der Waals surface area contributed by atoms with Crippen LogP contribution in [0.15, 0.2) is 47.4 Å². The van der Waals surface area contributed by atoms with Crippen molar-refractivity contribution in [1.82, 2.24) is 9.62 Å². The van der Waals surface area contributed by atoms with Crippen molar-refractivity contribution in [3.63, 3.8) is 0 Å². The monoisotopic (exact) mass is 340 g/mol. The van der Waals surface area contributed by atoms with E-state index in [1.807, 2.05) is 36.4 Å². The molecule has 0 bridgehead atoms. The van der Waals surface area contributed by atoms with E-state index in [4.69, 9.17) is 0 Å². The van der Waals surface area contributed by atoms with Gasteiger partial charge in [-0.3, -0.25) is 0 Å². The summed E-state index contributed by atoms with van der Waals surface area (Å²) in [4.78, 5) is 0.404. The van der Waals surface area contributed by atoms with Gasteiger partial charge in [0.25, 0.3) is 0 Å². The molecule has 3 rings (SSSR count). The molecule has 0 aromatic heterocycles. The third-order valence-corrected chi connectivity index (χ3v) is 6.20. The lowest BCUT2D eigenvalue weighted by atomic mass is 10.1. The van der Waals surface area contributed by atoms with E-state index in [0.29, 0.717) is 4.90 Å². The third-order valence-electron chi connectivity index (χ3n) is 4.23. The number of hydrogen-bond donors (Lipinski definition) is 1. The number of fused-ring (bicyclic) bond motifs is 1. The van der Waals surface area contributed by atoms with Crippen LogP contribution in [-0.4, -0.2) is 38.9 Å². The van der Waals surface area contributed by atoms with Gasteiger partial charge < -0.3 is 5.32 Å². The summed E-state index contributed by atoms with van der Waals surface area (Å²) in [5.41, 5.74) is 0. The summed E-state index contributed by atoms with van der Waals surface area (Å²) in [6.07, 6.45) is 1.72. The van der Waals surface area contributed by atoms with Crippen LogP contribution >= 0.6 is 12.4 Å². The zero-order chi connectivity index (χ0) is 14.9. The Balaban J connectivity index is 0.00000176. The Morgan fingerprint density at radius 3 is 2.41 bits per heavy atom. The van der Waals surface area contributed by atoms with Gasteiger partial charge in [0.05, 0.1) is 4.90 Å². The Morgan fingerprint density at radius 2 is 1.68 bits per heavy atom. The maximum atomic E-state index is 13.0. The summed E-state index contributed by atoms with van der Waals surface area (Å²) < 4.78 is 27.5. The minimum Gasteiger partial charge on any atom is -0.317 e. The number of nitrogens with zero attached hydrogens (tertiary/aromatic N) is 1. The van der Waals surface area contributed by atoms with E-state index in [9.17, 15) is 8.42 Å². The fourth-order valence-electron chi connectivity index (χ4n) is 2.94. The lowest BCUT2D eigenvalue weighted by Crippen LogP contribution is -2.43. The van der Waals surface area contributed by atoms with Crippen LogP contribution in [0.4, 0.5) is 0 Å². The summed E-state index contributed by atoms with van der Waals surface area (Å²) in [6.45, 7) is 1.75. The van der Waals surface area contributed by atoms with E-state index < -0.39 is 10.0 Å². The number of piperidine rings is 1. The highest BCUT2D eigenvalue weighted by molar-refractivity contribution is 7.89. The molecule has 0 aliphatic carbocycles. The third kappa shape index (κ3) is 3.13. The van der Waals surface area contributed by atoms with Gasteiger partial charge in [0, 0.05) is 18.5 Å². The number of halogens is 1. The van der Waals surface area contributed by atoms with Gasteiger partial charge in [0.2, 0.25) is 10.0 Å². The topological polar surface area (TPSA) is 49.4 Å². The van der Waals surface area contributed by atoms with Gasteiger partial charge in [-0.05, 0) is 37.4 Å². The number of rotatable bonds is 3. The molecule has 0 amide bonds. The summed E-state index contributed by atoms with van der Waals surface area (Å²) in [5, 5.41) is 5.02. The van der Waals surface area contributed by atoms with Gasteiger partial charge in [-0.2, -0.15) is 4.31 Å². The molecule has 0 atom stereocenters. The second-order valence-corrected chi connectivity index (χ2v) is 7.45. The smallest absolute Gasteiger partial charge is 0.243 e. The standard InChI is InChI=1S/C16H20N2O2S.ClH/c1-18(14-9-11-17-12-10-14)21(19,20)16-8-4-6-13-5-2-3-7-15(13)16;/h2-8,14,17H,9-12H2,1H3;1H. The molecule has 1 heterocycles. The van der Waals surface area contributed by atoms with Crippen LogP contribution in [0.3, 0.4) is 0 Å². The Morgan fingerprint density at radius 1 is 1.05 bits per heavy atom. The molecule has 1 N–H and O–H groups in total. The molecule has 1 aliphatic rings. The molecule has 0 unspecified atom stereocenters.